The Hall–Kier alpha value is -4.90. The topological polar surface area (TPSA) is 127 Å². The third-order valence-electron chi connectivity index (χ3n) is 7.39. The first-order chi connectivity index (χ1) is 22.3. The third-order valence-corrected chi connectivity index (χ3v) is 7.39. The molecule has 2 unspecified atom stereocenters. The van der Waals surface area contributed by atoms with Crippen LogP contribution in [0, 0.1) is 0 Å². The number of esters is 2. The molecule has 3 heterocycles. The average molecular weight is 631 g/mol. The molecule has 2 aromatic heterocycles. The number of aromatic nitrogens is 4. The van der Waals surface area contributed by atoms with E-state index in [9.17, 15) is 14.7 Å². The van der Waals surface area contributed by atoms with Crippen LogP contribution in [-0.2, 0) is 37.9 Å². The van der Waals surface area contributed by atoms with Gasteiger partial charge in [0.2, 0.25) is 0 Å². The summed E-state index contributed by atoms with van der Waals surface area (Å²) in [7, 11) is 3.78. The number of carbonyl (C=O) groups is 2. The molecule has 11 nitrogen and oxygen atoms in total. The van der Waals surface area contributed by atoms with Crippen LogP contribution in [0.15, 0.2) is 79.7 Å². The smallest absolute Gasteiger partial charge is 0.331 e. The van der Waals surface area contributed by atoms with Gasteiger partial charge < -0.3 is 33.2 Å². The van der Waals surface area contributed by atoms with Crippen molar-refractivity contribution in [2.45, 2.75) is 51.7 Å². The first-order valence-corrected chi connectivity index (χ1v) is 15.4. The molecule has 1 aliphatic heterocycles. The zero-order chi connectivity index (χ0) is 32.9. The number of phenols is 1. The SMILES string of the molecule is CCOC(=O)C=C(c1ccc(OC2CCCCO2)cc1)c1cncn1C.CCOC(=O)CC(c1ccc(O)cc1)c1cncn1C. The molecule has 4 aromatic rings. The van der Waals surface area contributed by atoms with Gasteiger partial charge in [-0.15, -0.1) is 0 Å². The number of aromatic hydroxyl groups is 1. The number of ether oxygens (including phenoxy) is 4. The molecule has 1 N–H and O–H groups in total. The van der Waals surface area contributed by atoms with Crippen molar-refractivity contribution in [3.63, 3.8) is 0 Å². The van der Waals surface area contributed by atoms with Crippen molar-refractivity contribution in [2.75, 3.05) is 19.8 Å². The second-order valence-corrected chi connectivity index (χ2v) is 10.7. The van der Waals surface area contributed by atoms with Gasteiger partial charge in [-0.3, -0.25) is 4.79 Å². The lowest BCUT2D eigenvalue weighted by Gasteiger charge is -2.23. The van der Waals surface area contributed by atoms with Crippen molar-refractivity contribution >= 4 is 17.5 Å². The Labute approximate surface area is 269 Å². The number of rotatable bonds is 11. The Morgan fingerprint density at radius 2 is 1.65 bits per heavy atom. The minimum absolute atomic E-state index is 0.137. The van der Waals surface area contributed by atoms with Crippen molar-refractivity contribution in [1.29, 1.82) is 0 Å². The second-order valence-electron chi connectivity index (χ2n) is 10.7. The molecule has 0 amide bonds. The molecule has 2 aromatic carbocycles. The van der Waals surface area contributed by atoms with E-state index in [0.29, 0.717) is 13.2 Å². The van der Waals surface area contributed by atoms with E-state index in [-0.39, 0.29) is 36.3 Å². The van der Waals surface area contributed by atoms with Crippen LogP contribution in [-0.4, -0.2) is 62.3 Å². The van der Waals surface area contributed by atoms with Crippen molar-refractivity contribution < 1.29 is 33.6 Å². The second kappa shape index (κ2) is 17.0. The highest BCUT2D eigenvalue weighted by Crippen LogP contribution is 2.29. The maximum atomic E-state index is 12.0. The van der Waals surface area contributed by atoms with Crippen LogP contribution in [0.4, 0.5) is 0 Å². The summed E-state index contributed by atoms with van der Waals surface area (Å²) in [5, 5.41) is 9.38. The fourth-order valence-corrected chi connectivity index (χ4v) is 5.08. The number of hydrogen-bond acceptors (Lipinski definition) is 9. The highest BCUT2D eigenvalue weighted by Gasteiger charge is 2.22. The van der Waals surface area contributed by atoms with Crippen molar-refractivity contribution in [1.82, 2.24) is 19.1 Å². The average Bonchev–Trinajstić information content (AvgIpc) is 3.68. The van der Waals surface area contributed by atoms with Crippen LogP contribution in [0.5, 0.6) is 11.5 Å². The number of nitrogens with zero attached hydrogens (tertiary/aromatic N) is 4. The van der Waals surface area contributed by atoms with Crippen LogP contribution in [0.25, 0.3) is 5.57 Å². The molecule has 1 fully saturated rings. The van der Waals surface area contributed by atoms with Gasteiger partial charge in [0.05, 0.1) is 50.8 Å². The number of phenolic OH excluding ortho intramolecular Hbond substituents is 1. The molecule has 0 spiro atoms. The summed E-state index contributed by atoms with van der Waals surface area (Å²) in [5.41, 5.74) is 4.35. The third kappa shape index (κ3) is 9.55. The van der Waals surface area contributed by atoms with Gasteiger partial charge in [-0.05, 0) is 62.1 Å². The van der Waals surface area contributed by atoms with E-state index >= 15 is 0 Å². The standard InChI is InChI=1S/C20H24N2O4.C15H18N2O3/c1-3-24-19(23)12-17(18-13-21-14-22(18)2)15-7-9-16(10-8-15)26-20-6-4-5-11-25-20;1-3-20-15(19)8-13(14-9-16-10-17(14)2)11-4-6-12(18)7-5-11/h7-10,12-14,20H,3-6,11H2,1-2H3;4-7,9-10,13,18H,3,8H2,1-2H3. The molecule has 244 valence electrons. The molecule has 0 bridgehead atoms. The maximum absolute atomic E-state index is 12.0. The predicted molar refractivity (Wildman–Crippen MR) is 172 cm³/mol. The predicted octanol–water partition coefficient (Wildman–Crippen LogP) is 5.53. The number of benzene rings is 2. The van der Waals surface area contributed by atoms with Crippen molar-refractivity contribution in [2.24, 2.45) is 14.1 Å². The molecule has 46 heavy (non-hydrogen) atoms. The first-order valence-electron chi connectivity index (χ1n) is 15.4. The highest BCUT2D eigenvalue weighted by atomic mass is 16.7. The number of hydrogen-bond donors (Lipinski definition) is 1. The number of aryl methyl sites for hydroxylation is 2. The molecule has 1 aliphatic rings. The summed E-state index contributed by atoms with van der Waals surface area (Å²) in [6.45, 7) is 5.02. The molecular formula is C35H42N4O7. The maximum Gasteiger partial charge on any atom is 0.331 e. The zero-order valence-corrected chi connectivity index (χ0v) is 26.8. The Balaban J connectivity index is 0.000000216. The summed E-state index contributed by atoms with van der Waals surface area (Å²) in [4.78, 5) is 32.0. The van der Waals surface area contributed by atoms with Crippen LogP contribution in [0.1, 0.15) is 68.0 Å². The molecule has 11 heteroatoms. The van der Waals surface area contributed by atoms with E-state index < -0.39 is 0 Å². The largest absolute Gasteiger partial charge is 0.508 e. The Morgan fingerprint density at radius 3 is 2.24 bits per heavy atom. The summed E-state index contributed by atoms with van der Waals surface area (Å²) in [6, 6.07) is 14.5. The molecule has 2 atom stereocenters. The van der Waals surface area contributed by atoms with E-state index in [2.05, 4.69) is 9.97 Å². The van der Waals surface area contributed by atoms with Crippen LogP contribution in [0.3, 0.4) is 0 Å². The zero-order valence-electron chi connectivity index (χ0n) is 26.8. The summed E-state index contributed by atoms with van der Waals surface area (Å²) in [5.74, 6) is 0.198. The van der Waals surface area contributed by atoms with Gasteiger partial charge in [-0.2, -0.15) is 0 Å². The van der Waals surface area contributed by atoms with Gasteiger partial charge in [-0.25, -0.2) is 14.8 Å². The fourth-order valence-electron chi connectivity index (χ4n) is 5.08. The Kier molecular flexibility index (Phi) is 12.5. The first kappa shape index (κ1) is 34.0. The van der Waals surface area contributed by atoms with Gasteiger partial charge in [-0.1, -0.05) is 24.3 Å². The Bertz CT molecular complexity index is 1570. The van der Waals surface area contributed by atoms with E-state index in [1.165, 1.54) is 6.08 Å². The lowest BCUT2D eigenvalue weighted by atomic mass is 9.92. The normalized spacial score (nSPS) is 15.3. The van der Waals surface area contributed by atoms with Crippen molar-refractivity contribution in [3.8, 4) is 11.5 Å². The lowest BCUT2D eigenvalue weighted by Crippen LogP contribution is -2.24. The van der Waals surface area contributed by atoms with Gasteiger partial charge in [0.1, 0.15) is 11.5 Å². The quantitative estimate of drug-likeness (QED) is 0.168. The summed E-state index contributed by atoms with van der Waals surface area (Å²) in [6.07, 6.45) is 11.6. The number of carbonyl (C=O) groups excluding carboxylic acids is 2. The molecule has 0 aliphatic carbocycles. The van der Waals surface area contributed by atoms with E-state index in [4.69, 9.17) is 18.9 Å². The van der Waals surface area contributed by atoms with Crippen LogP contribution >= 0.6 is 0 Å². The van der Waals surface area contributed by atoms with E-state index in [0.717, 1.165) is 59.7 Å². The summed E-state index contributed by atoms with van der Waals surface area (Å²) < 4.78 is 25.3. The fraction of sp³-hybridized carbons (Fsp3) is 0.371. The lowest BCUT2D eigenvalue weighted by molar-refractivity contribution is -0.143. The highest BCUT2D eigenvalue weighted by molar-refractivity contribution is 5.95. The van der Waals surface area contributed by atoms with Gasteiger partial charge in [0, 0.05) is 50.0 Å². The minimum atomic E-state index is -0.375. The Morgan fingerprint density at radius 1 is 0.957 bits per heavy atom. The van der Waals surface area contributed by atoms with Crippen LogP contribution < -0.4 is 4.74 Å². The molecule has 1 saturated heterocycles. The van der Waals surface area contributed by atoms with Crippen LogP contribution in [0.2, 0.25) is 0 Å². The van der Waals surface area contributed by atoms with E-state index in [1.54, 1.807) is 51.0 Å². The number of imidazole rings is 2. The molecule has 5 rings (SSSR count). The molecular weight excluding hydrogens is 588 g/mol. The monoisotopic (exact) mass is 630 g/mol. The molecule has 0 radical (unpaired) electrons. The van der Waals surface area contributed by atoms with E-state index in [1.807, 2.05) is 59.6 Å². The van der Waals surface area contributed by atoms with Crippen molar-refractivity contribution in [3.05, 3.63) is 102 Å². The van der Waals surface area contributed by atoms with Gasteiger partial charge in [0.15, 0.2) is 6.29 Å². The summed E-state index contributed by atoms with van der Waals surface area (Å²) >= 11 is 0. The van der Waals surface area contributed by atoms with Gasteiger partial charge >= 0.3 is 11.9 Å². The molecule has 0 saturated carbocycles. The minimum Gasteiger partial charge on any atom is -0.508 e. The van der Waals surface area contributed by atoms with Gasteiger partial charge in [0.25, 0.3) is 0 Å².